The second kappa shape index (κ2) is 6.16. The molecule has 1 aromatic rings. The molecular weight excluding hydrogens is 246 g/mol. The summed E-state index contributed by atoms with van der Waals surface area (Å²) in [4.78, 5) is 14.0. The van der Waals surface area contributed by atoms with Crippen LogP contribution in [-0.4, -0.2) is 52.5 Å². The number of H-pyrrole nitrogens is 1. The molecule has 1 heterocycles. The molecule has 19 heavy (non-hydrogen) atoms. The number of aromatic amines is 1. The van der Waals surface area contributed by atoms with E-state index >= 15 is 0 Å². The maximum Gasteiger partial charge on any atom is 0.225 e. The molecule has 6 nitrogen and oxygen atoms in total. The van der Waals surface area contributed by atoms with Crippen LogP contribution in [0.15, 0.2) is 12.3 Å². The van der Waals surface area contributed by atoms with Gasteiger partial charge < -0.3 is 14.7 Å². The van der Waals surface area contributed by atoms with Crippen LogP contribution in [0, 0.1) is 5.92 Å². The number of aliphatic hydroxyl groups excluding tert-OH is 1. The Hall–Kier alpha value is -1.40. The summed E-state index contributed by atoms with van der Waals surface area (Å²) in [5, 5.41) is 16.5. The summed E-state index contributed by atoms with van der Waals surface area (Å²) in [7, 11) is 3.37. The molecule has 0 bridgehead atoms. The van der Waals surface area contributed by atoms with E-state index < -0.39 is 6.10 Å². The number of carbonyl (C=O) groups is 1. The first-order valence-corrected chi connectivity index (χ1v) is 6.56. The lowest BCUT2D eigenvalue weighted by Crippen LogP contribution is -2.42. The summed E-state index contributed by atoms with van der Waals surface area (Å²) in [5.74, 6) is 0.0322. The zero-order chi connectivity index (χ0) is 13.8. The van der Waals surface area contributed by atoms with E-state index in [1.165, 1.54) is 0 Å². The molecule has 6 heteroatoms. The molecule has 1 fully saturated rings. The largest absolute Gasteiger partial charge is 0.390 e. The second-order valence-electron chi connectivity index (χ2n) is 5.13. The minimum atomic E-state index is -0.452. The van der Waals surface area contributed by atoms with Gasteiger partial charge in [-0.05, 0) is 25.3 Å². The minimum absolute atomic E-state index is 0.0683. The van der Waals surface area contributed by atoms with Crippen molar-refractivity contribution in [2.45, 2.75) is 38.0 Å². The minimum Gasteiger partial charge on any atom is -0.390 e. The van der Waals surface area contributed by atoms with Gasteiger partial charge in [0.1, 0.15) is 0 Å². The fourth-order valence-corrected chi connectivity index (χ4v) is 2.61. The molecule has 1 aliphatic rings. The Morgan fingerprint density at radius 1 is 1.63 bits per heavy atom. The van der Waals surface area contributed by atoms with Gasteiger partial charge in [0.05, 0.1) is 24.4 Å². The van der Waals surface area contributed by atoms with Gasteiger partial charge in [-0.15, -0.1) is 0 Å². The normalized spacial score (nSPS) is 27.2. The van der Waals surface area contributed by atoms with Crippen molar-refractivity contribution < 1.29 is 14.6 Å². The van der Waals surface area contributed by atoms with Crippen molar-refractivity contribution in [1.29, 1.82) is 0 Å². The molecule has 3 atom stereocenters. The average molecular weight is 267 g/mol. The predicted octanol–water partition coefficient (Wildman–Crippen LogP) is 0.544. The summed E-state index contributed by atoms with van der Waals surface area (Å²) < 4.78 is 5.23. The summed E-state index contributed by atoms with van der Waals surface area (Å²) >= 11 is 0. The van der Waals surface area contributed by atoms with Gasteiger partial charge in [0, 0.05) is 26.3 Å². The van der Waals surface area contributed by atoms with Crippen molar-refractivity contribution in [3.05, 3.63) is 18.0 Å². The number of aliphatic hydroxyl groups is 1. The third-order valence-electron chi connectivity index (χ3n) is 3.75. The fourth-order valence-electron chi connectivity index (χ4n) is 2.61. The highest BCUT2D eigenvalue weighted by Gasteiger charge is 2.34. The monoisotopic (exact) mass is 267 g/mol. The first-order valence-electron chi connectivity index (χ1n) is 6.56. The SMILES string of the molecule is CO[C@@H]1C[C@H](C(=O)N(C)Cc2ccn[nH]2)CC[C@@H]1O. The lowest BCUT2D eigenvalue weighted by molar-refractivity contribution is -0.140. The first kappa shape index (κ1) is 14.0. The van der Waals surface area contributed by atoms with Crippen LogP contribution in [0.3, 0.4) is 0 Å². The number of hydrogen-bond donors (Lipinski definition) is 2. The van der Waals surface area contributed by atoms with E-state index in [2.05, 4.69) is 10.2 Å². The average Bonchev–Trinajstić information content (AvgIpc) is 2.91. The Kier molecular flexibility index (Phi) is 4.55. The van der Waals surface area contributed by atoms with E-state index in [-0.39, 0.29) is 17.9 Å². The van der Waals surface area contributed by atoms with Gasteiger partial charge in [0.2, 0.25) is 5.91 Å². The Bertz CT molecular complexity index is 407. The Labute approximate surface area is 112 Å². The van der Waals surface area contributed by atoms with E-state index in [1.54, 1.807) is 25.3 Å². The summed E-state index contributed by atoms with van der Waals surface area (Å²) in [6.07, 6.45) is 2.91. The Balaban J connectivity index is 1.92. The molecule has 1 amide bonds. The third kappa shape index (κ3) is 3.33. The number of amides is 1. The molecule has 106 valence electrons. The molecule has 0 spiro atoms. The molecule has 1 aliphatic carbocycles. The number of aromatic nitrogens is 2. The molecule has 1 saturated carbocycles. The molecule has 2 rings (SSSR count). The van der Waals surface area contributed by atoms with Crippen LogP contribution in [0.25, 0.3) is 0 Å². The predicted molar refractivity (Wildman–Crippen MR) is 69.2 cm³/mol. The number of rotatable bonds is 4. The number of ether oxygens (including phenoxy) is 1. The Morgan fingerprint density at radius 3 is 3.05 bits per heavy atom. The number of nitrogens with zero attached hydrogens (tertiary/aromatic N) is 2. The number of nitrogens with one attached hydrogen (secondary N) is 1. The second-order valence-corrected chi connectivity index (χ2v) is 5.13. The van der Waals surface area contributed by atoms with Gasteiger partial charge in [0.15, 0.2) is 0 Å². The number of carbonyl (C=O) groups excluding carboxylic acids is 1. The topological polar surface area (TPSA) is 78.5 Å². The van der Waals surface area contributed by atoms with Crippen LogP contribution in [-0.2, 0) is 16.1 Å². The van der Waals surface area contributed by atoms with Crippen LogP contribution in [0.2, 0.25) is 0 Å². The van der Waals surface area contributed by atoms with Crippen molar-refractivity contribution >= 4 is 5.91 Å². The van der Waals surface area contributed by atoms with Gasteiger partial charge in [-0.3, -0.25) is 9.89 Å². The lowest BCUT2D eigenvalue weighted by atomic mass is 9.84. The molecule has 0 unspecified atom stereocenters. The molecule has 0 aliphatic heterocycles. The van der Waals surface area contributed by atoms with Crippen LogP contribution >= 0.6 is 0 Å². The first-order chi connectivity index (χ1) is 9.11. The van der Waals surface area contributed by atoms with Crippen LogP contribution in [0.1, 0.15) is 25.0 Å². The number of hydrogen-bond acceptors (Lipinski definition) is 4. The molecular formula is C13H21N3O3. The van der Waals surface area contributed by atoms with E-state index in [0.717, 1.165) is 5.69 Å². The van der Waals surface area contributed by atoms with Gasteiger partial charge in [-0.2, -0.15) is 5.10 Å². The summed E-state index contributed by atoms with van der Waals surface area (Å²) in [5.41, 5.74) is 0.912. The standard InChI is InChI=1S/C13H21N3O3/c1-16(8-10-5-6-14-15-10)13(18)9-3-4-11(17)12(7-9)19-2/h5-6,9,11-12,17H,3-4,7-8H2,1-2H3,(H,14,15)/t9-,11+,12-/m1/s1. The summed E-state index contributed by atoms with van der Waals surface area (Å²) in [6.45, 7) is 0.523. The maximum absolute atomic E-state index is 12.3. The van der Waals surface area contributed by atoms with Crippen molar-refractivity contribution in [2.24, 2.45) is 5.92 Å². The van der Waals surface area contributed by atoms with Crippen LogP contribution in [0.4, 0.5) is 0 Å². The molecule has 2 N–H and O–H groups in total. The Morgan fingerprint density at radius 2 is 2.42 bits per heavy atom. The molecule has 0 saturated heterocycles. The van der Waals surface area contributed by atoms with Crippen molar-refractivity contribution in [3.63, 3.8) is 0 Å². The van der Waals surface area contributed by atoms with Crippen LogP contribution < -0.4 is 0 Å². The van der Waals surface area contributed by atoms with Crippen molar-refractivity contribution in [3.8, 4) is 0 Å². The zero-order valence-corrected chi connectivity index (χ0v) is 11.4. The third-order valence-corrected chi connectivity index (χ3v) is 3.75. The number of methoxy groups -OCH3 is 1. The smallest absolute Gasteiger partial charge is 0.225 e. The van der Waals surface area contributed by atoms with Crippen molar-refractivity contribution in [1.82, 2.24) is 15.1 Å². The van der Waals surface area contributed by atoms with Gasteiger partial charge in [-0.25, -0.2) is 0 Å². The highest BCUT2D eigenvalue weighted by Crippen LogP contribution is 2.28. The van der Waals surface area contributed by atoms with Crippen molar-refractivity contribution in [2.75, 3.05) is 14.2 Å². The quantitative estimate of drug-likeness (QED) is 0.835. The summed E-state index contributed by atoms with van der Waals surface area (Å²) in [6, 6.07) is 1.85. The zero-order valence-electron chi connectivity index (χ0n) is 11.4. The van der Waals surface area contributed by atoms with Gasteiger partial charge in [0.25, 0.3) is 0 Å². The van der Waals surface area contributed by atoms with E-state index in [9.17, 15) is 9.90 Å². The highest BCUT2D eigenvalue weighted by atomic mass is 16.5. The maximum atomic E-state index is 12.3. The van der Waals surface area contributed by atoms with Crippen LogP contribution in [0.5, 0.6) is 0 Å². The molecule has 1 aromatic heterocycles. The van der Waals surface area contributed by atoms with Gasteiger partial charge >= 0.3 is 0 Å². The fraction of sp³-hybridized carbons (Fsp3) is 0.692. The van der Waals surface area contributed by atoms with E-state index in [4.69, 9.17) is 4.74 Å². The van der Waals surface area contributed by atoms with E-state index in [0.29, 0.717) is 25.8 Å². The highest BCUT2D eigenvalue weighted by molar-refractivity contribution is 5.78. The molecule has 0 radical (unpaired) electrons. The van der Waals surface area contributed by atoms with Gasteiger partial charge in [-0.1, -0.05) is 0 Å². The molecule has 0 aromatic carbocycles. The lowest BCUT2D eigenvalue weighted by Gasteiger charge is -2.33. The van der Waals surface area contributed by atoms with E-state index in [1.807, 2.05) is 6.07 Å².